The minimum Gasteiger partial charge on any atom is -0.809 e. The second-order valence-electron chi connectivity index (χ2n) is 7.21. The Bertz CT molecular complexity index is 1210. The largest absolute Gasteiger partial charge is 0.809 e. The molecule has 0 bridgehead atoms. The zero-order valence-corrected chi connectivity index (χ0v) is 17.9. The summed E-state index contributed by atoms with van der Waals surface area (Å²) in [5.74, 6) is -1.50. The van der Waals surface area contributed by atoms with E-state index in [1.165, 1.54) is 0 Å². The van der Waals surface area contributed by atoms with Crippen molar-refractivity contribution >= 4 is 19.0 Å². The first-order chi connectivity index (χ1) is 14.9. The number of nitrogens with zero attached hydrogens (tertiary/aromatic N) is 2. The molecule has 1 heterocycles. The number of para-hydroxylation sites is 2. The van der Waals surface area contributed by atoms with Gasteiger partial charge in [-0.25, -0.2) is 0 Å². The molecule has 1 aromatic heterocycles. The number of hydrogen-bond acceptors (Lipinski definition) is 5. The average molecular weight is 428 g/mol. The van der Waals surface area contributed by atoms with Gasteiger partial charge in [-0.05, 0) is 50.4 Å². The normalized spacial score (nSPS) is 12.4. The molecule has 5 nitrogen and oxygen atoms in total. The van der Waals surface area contributed by atoms with Gasteiger partial charge in [-0.2, -0.15) is 0 Å². The van der Waals surface area contributed by atoms with Crippen molar-refractivity contribution in [2.24, 2.45) is 0 Å². The summed E-state index contributed by atoms with van der Waals surface area (Å²) in [7, 11) is -5.15. The van der Waals surface area contributed by atoms with Crippen LogP contribution in [-0.2, 0) is 4.57 Å². The summed E-state index contributed by atoms with van der Waals surface area (Å²) in [5, 5.41) is 0. The van der Waals surface area contributed by atoms with Gasteiger partial charge in [0.2, 0.25) is 0 Å². The quantitative estimate of drug-likeness (QED) is 0.412. The summed E-state index contributed by atoms with van der Waals surface area (Å²) >= 11 is 0. The van der Waals surface area contributed by atoms with Crippen molar-refractivity contribution in [3.8, 4) is 11.1 Å². The lowest BCUT2D eigenvalue weighted by atomic mass is 10.0. The number of hydrogen-bond donors (Lipinski definition) is 0. The average Bonchev–Trinajstić information content (AvgIpc) is 2.78. The van der Waals surface area contributed by atoms with Gasteiger partial charge in [-0.1, -0.05) is 72.8 Å². The Morgan fingerprint density at radius 2 is 1.39 bits per heavy atom. The van der Waals surface area contributed by atoms with Crippen LogP contribution in [0.1, 0.15) is 17.2 Å². The molecule has 4 aromatic rings. The minimum absolute atomic E-state index is 0.194. The van der Waals surface area contributed by atoms with Crippen molar-refractivity contribution < 1.29 is 14.4 Å². The molecule has 0 aliphatic heterocycles. The first kappa shape index (κ1) is 21.0. The molecule has 0 saturated heterocycles. The minimum atomic E-state index is -5.15. The molecule has 1 atom stereocenters. The Morgan fingerprint density at radius 3 is 2.03 bits per heavy atom. The van der Waals surface area contributed by atoms with E-state index >= 15 is 0 Å². The molecule has 0 fully saturated rings. The van der Waals surface area contributed by atoms with Crippen LogP contribution in [0.4, 0.5) is 11.4 Å². The van der Waals surface area contributed by atoms with Crippen molar-refractivity contribution in [3.05, 3.63) is 115 Å². The third kappa shape index (κ3) is 4.59. The Hall–Kier alpha value is -3.24. The van der Waals surface area contributed by atoms with Gasteiger partial charge in [0.05, 0.1) is 5.69 Å². The molecule has 0 saturated carbocycles. The zero-order chi connectivity index (χ0) is 21.8. The standard InChI is InChI=1S/C25H23N2O3P/c1-19-11-10-17-23(26-19)25(31(28,29)30)27(21-14-6-3-7-15-21)24-18-9-8-16-22(24)20-12-4-2-5-13-20/h2-18,25H,1H3,(H2,28,29,30)/p-2. The van der Waals surface area contributed by atoms with E-state index in [9.17, 15) is 14.4 Å². The van der Waals surface area contributed by atoms with Crippen molar-refractivity contribution in [1.82, 2.24) is 4.98 Å². The molecule has 31 heavy (non-hydrogen) atoms. The maximum absolute atomic E-state index is 12.7. The Balaban J connectivity index is 2.00. The zero-order valence-electron chi connectivity index (χ0n) is 17.0. The van der Waals surface area contributed by atoms with E-state index < -0.39 is 13.4 Å². The number of benzene rings is 3. The van der Waals surface area contributed by atoms with Crippen LogP contribution in [0.2, 0.25) is 0 Å². The van der Waals surface area contributed by atoms with Crippen LogP contribution in [0, 0.1) is 6.92 Å². The van der Waals surface area contributed by atoms with Crippen LogP contribution in [0.15, 0.2) is 103 Å². The van der Waals surface area contributed by atoms with E-state index in [0.717, 1.165) is 11.1 Å². The van der Waals surface area contributed by atoms with Crippen LogP contribution in [0.25, 0.3) is 11.1 Å². The van der Waals surface area contributed by atoms with Crippen LogP contribution in [0.5, 0.6) is 0 Å². The van der Waals surface area contributed by atoms with E-state index in [-0.39, 0.29) is 5.69 Å². The van der Waals surface area contributed by atoms with Crippen molar-refractivity contribution in [1.29, 1.82) is 0 Å². The molecule has 0 N–H and O–H groups in total. The molecule has 0 aliphatic rings. The molecule has 1 unspecified atom stereocenters. The number of anilines is 2. The molecule has 6 heteroatoms. The third-order valence-electron chi connectivity index (χ3n) is 5.00. The van der Waals surface area contributed by atoms with Gasteiger partial charge in [0.15, 0.2) is 0 Å². The number of aryl methyl sites for hydroxylation is 1. The number of rotatable bonds is 6. The fourth-order valence-electron chi connectivity index (χ4n) is 3.69. The maximum atomic E-state index is 12.7. The molecule has 156 valence electrons. The molecular formula is C25H21N2O3P-2. The highest BCUT2D eigenvalue weighted by molar-refractivity contribution is 7.49. The summed E-state index contributed by atoms with van der Waals surface area (Å²) in [6.07, 6.45) is 0. The smallest absolute Gasteiger partial charge is 0.103 e. The van der Waals surface area contributed by atoms with E-state index in [4.69, 9.17) is 0 Å². The van der Waals surface area contributed by atoms with Crippen molar-refractivity contribution in [3.63, 3.8) is 0 Å². The van der Waals surface area contributed by atoms with Crippen LogP contribution in [-0.4, -0.2) is 4.98 Å². The summed E-state index contributed by atoms with van der Waals surface area (Å²) in [6.45, 7) is 1.77. The van der Waals surface area contributed by atoms with Crippen LogP contribution < -0.4 is 14.7 Å². The number of aromatic nitrogens is 1. The Morgan fingerprint density at radius 1 is 0.774 bits per heavy atom. The molecule has 3 aromatic carbocycles. The molecule has 4 rings (SSSR count). The van der Waals surface area contributed by atoms with Crippen LogP contribution >= 0.6 is 7.60 Å². The monoisotopic (exact) mass is 428 g/mol. The molecular weight excluding hydrogens is 407 g/mol. The predicted molar refractivity (Wildman–Crippen MR) is 120 cm³/mol. The topological polar surface area (TPSA) is 79.3 Å². The second-order valence-corrected chi connectivity index (χ2v) is 8.77. The maximum Gasteiger partial charge on any atom is 0.103 e. The van der Waals surface area contributed by atoms with Crippen LogP contribution in [0.3, 0.4) is 0 Å². The summed E-state index contributed by atoms with van der Waals surface area (Å²) < 4.78 is 12.7. The highest BCUT2D eigenvalue weighted by Gasteiger charge is 2.28. The van der Waals surface area contributed by atoms with E-state index in [1.54, 1.807) is 42.2 Å². The van der Waals surface area contributed by atoms with Gasteiger partial charge in [0.25, 0.3) is 0 Å². The van der Waals surface area contributed by atoms with Crippen molar-refractivity contribution in [2.45, 2.75) is 12.7 Å². The summed E-state index contributed by atoms with van der Waals surface area (Å²) in [6, 6.07) is 31.3. The molecule has 0 aliphatic carbocycles. The van der Waals surface area contributed by atoms with Gasteiger partial charge in [0, 0.05) is 22.6 Å². The SMILES string of the molecule is Cc1cccc(C(N(c2ccccc2)c2ccccc2-c2ccccc2)P(=O)([O-])[O-])n1. The van der Waals surface area contributed by atoms with E-state index in [0.29, 0.717) is 17.1 Å². The predicted octanol–water partition coefficient (Wildman–Crippen LogP) is 4.81. The Labute approximate surface area is 181 Å². The summed E-state index contributed by atoms with van der Waals surface area (Å²) in [5.41, 5.74) is 3.77. The highest BCUT2D eigenvalue weighted by Crippen LogP contribution is 2.52. The highest BCUT2D eigenvalue weighted by atomic mass is 31.2. The lowest BCUT2D eigenvalue weighted by Crippen LogP contribution is -2.33. The first-order valence-corrected chi connectivity index (χ1v) is 11.5. The third-order valence-corrected chi connectivity index (χ3v) is 6.10. The fraction of sp³-hybridized carbons (Fsp3) is 0.0800. The molecule has 0 spiro atoms. The van der Waals surface area contributed by atoms with Gasteiger partial charge < -0.3 is 19.3 Å². The van der Waals surface area contributed by atoms with Gasteiger partial charge in [-0.3, -0.25) is 4.98 Å². The van der Waals surface area contributed by atoms with Gasteiger partial charge >= 0.3 is 0 Å². The first-order valence-electron chi connectivity index (χ1n) is 9.89. The molecule has 0 amide bonds. The Kier molecular flexibility index (Phi) is 6.01. The number of pyridine rings is 1. The lowest BCUT2D eigenvalue weighted by molar-refractivity contribution is -0.316. The fourth-order valence-corrected chi connectivity index (χ4v) is 4.70. The van der Waals surface area contributed by atoms with Crippen molar-refractivity contribution in [2.75, 3.05) is 4.90 Å². The van der Waals surface area contributed by atoms with E-state index in [2.05, 4.69) is 4.98 Å². The van der Waals surface area contributed by atoms with E-state index in [1.807, 2.05) is 72.8 Å². The van der Waals surface area contributed by atoms with Gasteiger partial charge in [-0.15, -0.1) is 0 Å². The lowest BCUT2D eigenvalue weighted by Gasteiger charge is -2.46. The second kappa shape index (κ2) is 8.86. The van der Waals surface area contributed by atoms with Gasteiger partial charge in [0.1, 0.15) is 5.78 Å². The molecule has 0 radical (unpaired) electrons. The summed E-state index contributed by atoms with van der Waals surface area (Å²) in [4.78, 5) is 31.3.